The van der Waals surface area contributed by atoms with Crippen LogP contribution in [0.15, 0.2) is 22.7 Å². The molecule has 1 aliphatic heterocycles. The number of nitrogens with zero attached hydrogens (tertiary/aromatic N) is 2. The third kappa shape index (κ3) is 3.05. The van der Waals surface area contributed by atoms with E-state index in [0.717, 1.165) is 17.6 Å². The number of halogens is 1. The molecule has 2 N–H and O–H groups in total. The van der Waals surface area contributed by atoms with E-state index in [1.54, 1.807) is 0 Å². The zero-order valence-electron chi connectivity index (χ0n) is 11.2. The molecule has 1 saturated heterocycles. The van der Waals surface area contributed by atoms with E-state index in [2.05, 4.69) is 58.0 Å². The molecule has 4 heteroatoms. The van der Waals surface area contributed by atoms with Gasteiger partial charge in [0.05, 0.1) is 0 Å². The van der Waals surface area contributed by atoms with Crippen molar-refractivity contribution in [2.24, 2.45) is 5.73 Å². The van der Waals surface area contributed by atoms with Gasteiger partial charge in [0, 0.05) is 35.8 Å². The third-order valence-electron chi connectivity index (χ3n) is 3.73. The Morgan fingerprint density at radius 1 is 1.44 bits per heavy atom. The summed E-state index contributed by atoms with van der Waals surface area (Å²) in [7, 11) is 4.33. The SMILES string of the molecule is CN(C)C1CCCN(c2cc(Br)ccc2CN)C1. The van der Waals surface area contributed by atoms with Crippen molar-refractivity contribution in [3.05, 3.63) is 28.2 Å². The summed E-state index contributed by atoms with van der Waals surface area (Å²) in [6.45, 7) is 2.83. The predicted molar refractivity (Wildman–Crippen MR) is 81.0 cm³/mol. The quantitative estimate of drug-likeness (QED) is 0.930. The van der Waals surface area contributed by atoms with Crippen LogP contribution in [-0.4, -0.2) is 38.1 Å². The fraction of sp³-hybridized carbons (Fsp3) is 0.571. The summed E-state index contributed by atoms with van der Waals surface area (Å²) < 4.78 is 1.13. The fourth-order valence-electron chi connectivity index (χ4n) is 2.60. The number of benzene rings is 1. The van der Waals surface area contributed by atoms with Crippen molar-refractivity contribution in [2.75, 3.05) is 32.1 Å². The molecule has 2 rings (SSSR count). The van der Waals surface area contributed by atoms with E-state index in [0.29, 0.717) is 12.6 Å². The molecule has 3 nitrogen and oxygen atoms in total. The van der Waals surface area contributed by atoms with Gasteiger partial charge in [-0.1, -0.05) is 22.0 Å². The van der Waals surface area contributed by atoms with E-state index < -0.39 is 0 Å². The van der Waals surface area contributed by atoms with Crippen LogP contribution in [-0.2, 0) is 6.54 Å². The van der Waals surface area contributed by atoms with Gasteiger partial charge in [0.25, 0.3) is 0 Å². The maximum Gasteiger partial charge on any atom is 0.0423 e. The van der Waals surface area contributed by atoms with Crippen molar-refractivity contribution in [2.45, 2.75) is 25.4 Å². The number of hydrogen-bond acceptors (Lipinski definition) is 3. The van der Waals surface area contributed by atoms with Crippen LogP contribution in [0.1, 0.15) is 18.4 Å². The van der Waals surface area contributed by atoms with Crippen LogP contribution in [0.25, 0.3) is 0 Å². The van der Waals surface area contributed by atoms with Crippen molar-refractivity contribution in [1.29, 1.82) is 0 Å². The molecule has 0 amide bonds. The lowest BCUT2D eigenvalue weighted by molar-refractivity contribution is 0.258. The lowest BCUT2D eigenvalue weighted by Gasteiger charge is -2.38. The average molecular weight is 312 g/mol. The molecule has 1 aromatic carbocycles. The van der Waals surface area contributed by atoms with E-state index in [1.165, 1.54) is 24.1 Å². The van der Waals surface area contributed by atoms with Crippen molar-refractivity contribution in [1.82, 2.24) is 4.90 Å². The van der Waals surface area contributed by atoms with E-state index in [9.17, 15) is 0 Å². The van der Waals surface area contributed by atoms with Gasteiger partial charge in [-0.3, -0.25) is 0 Å². The van der Waals surface area contributed by atoms with Gasteiger partial charge in [-0.15, -0.1) is 0 Å². The largest absolute Gasteiger partial charge is 0.370 e. The molecular weight excluding hydrogens is 290 g/mol. The maximum absolute atomic E-state index is 5.85. The predicted octanol–water partition coefficient (Wildman–Crippen LogP) is 2.44. The van der Waals surface area contributed by atoms with Crippen LogP contribution >= 0.6 is 15.9 Å². The van der Waals surface area contributed by atoms with Crippen LogP contribution in [0.3, 0.4) is 0 Å². The van der Waals surface area contributed by atoms with Gasteiger partial charge in [-0.25, -0.2) is 0 Å². The van der Waals surface area contributed by atoms with E-state index in [-0.39, 0.29) is 0 Å². The Balaban J connectivity index is 2.22. The smallest absolute Gasteiger partial charge is 0.0423 e. The molecule has 1 unspecified atom stereocenters. The minimum atomic E-state index is 0.603. The molecule has 1 aromatic rings. The molecule has 1 fully saturated rings. The van der Waals surface area contributed by atoms with Gasteiger partial charge in [-0.05, 0) is 44.6 Å². The average Bonchev–Trinajstić information content (AvgIpc) is 2.39. The molecule has 0 aliphatic carbocycles. The molecule has 1 aliphatic rings. The highest BCUT2D eigenvalue weighted by Crippen LogP contribution is 2.28. The number of piperidine rings is 1. The highest BCUT2D eigenvalue weighted by atomic mass is 79.9. The lowest BCUT2D eigenvalue weighted by Crippen LogP contribution is -2.45. The Hall–Kier alpha value is -0.580. The summed E-state index contributed by atoms with van der Waals surface area (Å²) >= 11 is 3.56. The summed E-state index contributed by atoms with van der Waals surface area (Å²) in [6.07, 6.45) is 2.54. The number of hydrogen-bond donors (Lipinski definition) is 1. The van der Waals surface area contributed by atoms with E-state index in [4.69, 9.17) is 5.73 Å². The molecule has 1 heterocycles. The van der Waals surface area contributed by atoms with Crippen LogP contribution < -0.4 is 10.6 Å². The van der Waals surface area contributed by atoms with E-state index in [1.807, 2.05) is 0 Å². The first kappa shape index (κ1) is 13.8. The van der Waals surface area contributed by atoms with Crippen molar-refractivity contribution in [3.8, 4) is 0 Å². The van der Waals surface area contributed by atoms with E-state index >= 15 is 0 Å². The Labute approximate surface area is 118 Å². The zero-order valence-corrected chi connectivity index (χ0v) is 12.8. The number of nitrogens with two attached hydrogens (primary N) is 1. The molecule has 18 heavy (non-hydrogen) atoms. The summed E-state index contributed by atoms with van der Waals surface area (Å²) in [5.74, 6) is 0. The highest BCUT2D eigenvalue weighted by molar-refractivity contribution is 9.10. The molecule has 0 aromatic heterocycles. The third-order valence-corrected chi connectivity index (χ3v) is 4.23. The minimum absolute atomic E-state index is 0.603. The first-order chi connectivity index (χ1) is 8.61. The Bertz CT molecular complexity index is 406. The molecule has 0 bridgehead atoms. The molecule has 0 saturated carbocycles. The molecule has 0 spiro atoms. The van der Waals surface area contributed by atoms with Crippen LogP contribution in [0.4, 0.5) is 5.69 Å². The second kappa shape index (κ2) is 6.04. The van der Waals surface area contributed by atoms with Gasteiger partial charge >= 0.3 is 0 Å². The van der Waals surface area contributed by atoms with Gasteiger partial charge in [0.1, 0.15) is 0 Å². The van der Waals surface area contributed by atoms with Gasteiger partial charge < -0.3 is 15.5 Å². The Morgan fingerprint density at radius 3 is 2.89 bits per heavy atom. The Kier molecular flexibility index (Phi) is 4.65. The van der Waals surface area contributed by atoms with Crippen molar-refractivity contribution in [3.63, 3.8) is 0 Å². The second-order valence-electron chi connectivity index (χ2n) is 5.18. The first-order valence-corrected chi connectivity index (χ1v) is 7.31. The maximum atomic E-state index is 5.85. The topological polar surface area (TPSA) is 32.5 Å². The molecule has 0 radical (unpaired) electrons. The summed E-state index contributed by atoms with van der Waals surface area (Å²) in [6, 6.07) is 7.03. The summed E-state index contributed by atoms with van der Waals surface area (Å²) in [5.41, 5.74) is 8.37. The number of rotatable bonds is 3. The highest BCUT2D eigenvalue weighted by Gasteiger charge is 2.22. The minimum Gasteiger partial charge on any atom is -0.370 e. The Morgan fingerprint density at radius 2 is 2.22 bits per heavy atom. The standard InChI is InChI=1S/C14H22BrN3/c1-17(2)13-4-3-7-18(10-13)14-8-12(15)6-5-11(14)9-16/h5-6,8,13H,3-4,7,9-10,16H2,1-2H3. The van der Waals surface area contributed by atoms with Crippen LogP contribution in [0.5, 0.6) is 0 Å². The molecule has 1 atom stereocenters. The van der Waals surface area contributed by atoms with Gasteiger partial charge in [-0.2, -0.15) is 0 Å². The van der Waals surface area contributed by atoms with Crippen molar-refractivity contribution < 1.29 is 0 Å². The zero-order chi connectivity index (χ0) is 13.1. The summed E-state index contributed by atoms with van der Waals surface area (Å²) in [4.78, 5) is 4.80. The fourth-order valence-corrected chi connectivity index (χ4v) is 2.95. The first-order valence-electron chi connectivity index (χ1n) is 6.51. The number of likely N-dealkylation sites (N-methyl/N-ethyl adjacent to an activating group) is 1. The van der Waals surface area contributed by atoms with Crippen molar-refractivity contribution >= 4 is 21.6 Å². The van der Waals surface area contributed by atoms with Crippen LogP contribution in [0, 0.1) is 0 Å². The lowest BCUT2D eigenvalue weighted by atomic mass is 10.0. The second-order valence-corrected chi connectivity index (χ2v) is 6.10. The number of anilines is 1. The normalized spacial score (nSPS) is 20.5. The van der Waals surface area contributed by atoms with Crippen LogP contribution in [0.2, 0.25) is 0 Å². The molecular formula is C14H22BrN3. The van der Waals surface area contributed by atoms with Gasteiger partial charge in [0.2, 0.25) is 0 Å². The summed E-state index contributed by atoms with van der Waals surface area (Å²) in [5, 5.41) is 0. The van der Waals surface area contributed by atoms with Gasteiger partial charge in [0.15, 0.2) is 0 Å². The molecule has 100 valence electrons. The monoisotopic (exact) mass is 311 g/mol.